The van der Waals surface area contributed by atoms with Crippen LogP contribution in [0.25, 0.3) is 0 Å². The lowest BCUT2D eigenvalue weighted by molar-refractivity contribution is -0.137. The van der Waals surface area contributed by atoms with Crippen molar-refractivity contribution in [3.8, 4) is 0 Å². The molecule has 0 bridgehead atoms. The second-order valence-electron chi connectivity index (χ2n) is 4.43. The fraction of sp³-hybridized carbons (Fsp3) is 0.385. The highest BCUT2D eigenvalue weighted by molar-refractivity contribution is 5.85. The Morgan fingerprint density at radius 3 is 2.29 bits per heavy atom. The molecule has 21 heavy (non-hydrogen) atoms. The second-order valence-corrected chi connectivity index (χ2v) is 4.43. The monoisotopic (exact) mass is 303 g/mol. The molecular formula is C13H16F3N3O2. The third-order valence-electron chi connectivity index (χ3n) is 2.75. The van der Waals surface area contributed by atoms with Crippen LogP contribution in [0.4, 0.5) is 13.2 Å². The number of nitrogens with one attached hydrogen (secondary N) is 1. The van der Waals surface area contributed by atoms with Crippen LogP contribution in [0.2, 0.25) is 0 Å². The first-order valence-corrected chi connectivity index (χ1v) is 6.11. The van der Waals surface area contributed by atoms with Crippen LogP contribution in [0.5, 0.6) is 0 Å². The van der Waals surface area contributed by atoms with Gasteiger partial charge in [-0.2, -0.15) is 13.2 Å². The lowest BCUT2D eigenvalue weighted by atomic mass is 10.1. The fourth-order valence-electron chi connectivity index (χ4n) is 1.54. The average molecular weight is 303 g/mol. The highest BCUT2D eigenvalue weighted by Crippen LogP contribution is 2.29. The first kappa shape index (κ1) is 17.0. The zero-order valence-electron chi connectivity index (χ0n) is 11.4. The topological polar surface area (TPSA) is 75.4 Å². The van der Waals surface area contributed by atoms with Crippen LogP contribution in [0.1, 0.15) is 11.1 Å². The molecule has 0 unspecified atom stereocenters. The molecule has 0 atom stereocenters. The van der Waals surface area contributed by atoms with E-state index in [2.05, 4.69) is 5.32 Å². The van der Waals surface area contributed by atoms with E-state index in [1.807, 2.05) is 0 Å². The van der Waals surface area contributed by atoms with Crippen LogP contribution in [-0.2, 0) is 22.3 Å². The van der Waals surface area contributed by atoms with Crippen molar-refractivity contribution >= 4 is 11.8 Å². The molecule has 8 heteroatoms. The summed E-state index contributed by atoms with van der Waals surface area (Å²) in [6.45, 7) is -0.265. The number of nitrogens with two attached hydrogens (primary N) is 1. The van der Waals surface area contributed by atoms with Crippen LogP contribution in [0.15, 0.2) is 24.3 Å². The molecule has 0 saturated carbocycles. The number of carbonyl (C=O) groups is 2. The van der Waals surface area contributed by atoms with E-state index in [1.54, 1.807) is 0 Å². The van der Waals surface area contributed by atoms with Crippen LogP contribution in [-0.4, -0.2) is 36.9 Å². The van der Waals surface area contributed by atoms with E-state index in [1.165, 1.54) is 24.1 Å². The summed E-state index contributed by atoms with van der Waals surface area (Å²) in [7, 11) is 1.49. The van der Waals surface area contributed by atoms with Crippen LogP contribution in [0, 0.1) is 0 Å². The average Bonchev–Trinajstić information content (AvgIpc) is 2.43. The van der Waals surface area contributed by atoms with Crippen LogP contribution in [0.3, 0.4) is 0 Å². The lowest BCUT2D eigenvalue weighted by Gasteiger charge is -2.18. The van der Waals surface area contributed by atoms with Crippen molar-refractivity contribution in [2.75, 3.05) is 20.1 Å². The van der Waals surface area contributed by atoms with E-state index >= 15 is 0 Å². The Balaban J connectivity index is 2.56. The minimum atomic E-state index is -4.38. The van der Waals surface area contributed by atoms with E-state index in [0.29, 0.717) is 5.56 Å². The SMILES string of the molecule is CN(Cc1ccc(C(F)(F)F)cc1)C(=O)CNC(=O)CN. The van der Waals surface area contributed by atoms with Gasteiger partial charge in [-0.3, -0.25) is 9.59 Å². The number of nitrogens with zero attached hydrogens (tertiary/aromatic N) is 1. The van der Waals surface area contributed by atoms with E-state index < -0.39 is 17.6 Å². The predicted molar refractivity (Wildman–Crippen MR) is 70.0 cm³/mol. The Labute approximate surface area is 119 Å². The van der Waals surface area contributed by atoms with Gasteiger partial charge in [0.15, 0.2) is 0 Å². The third-order valence-corrected chi connectivity index (χ3v) is 2.75. The van der Waals surface area contributed by atoms with Crippen molar-refractivity contribution < 1.29 is 22.8 Å². The largest absolute Gasteiger partial charge is 0.416 e. The number of hydrogen-bond acceptors (Lipinski definition) is 3. The highest BCUT2D eigenvalue weighted by Gasteiger charge is 2.29. The summed E-state index contributed by atoms with van der Waals surface area (Å²) in [4.78, 5) is 23.9. The quantitative estimate of drug-likeness (QED) is 0.842. The number of likely N-dealkylation sites (N-methyl/N-ethyl adjacent to an activating group) is 1. The summed E-state index contributed by atoms with van der Waals surface area (Å²) in [6, 6.07) is 4.55. The summed E-state index contributed by atoms with van der Waals surface area (Å²) in [6.07, 6.45) is -4.38. The summed E-state index contributed by atoms with van der Waals surface area (Å²) in [5.74, 6) is -0.817. The van der Waals surface area contributed by atoms with Gasteiger partial charge in [-0.15, -0.1) is 0 Å². The molecule has 0 aromatic heterocycles. The van der Waals surface area contributed by atoms with Crippen LogP contribution >= 0.6 is 0 Å². The molecule has 2 amide bonds. The standard InChI is InChI=1S/C13H16F3N3O2/c1-19(12(21)7-18-11(20)6-17)8-9-2-4-10(5-3-9)13(14,15)16/h2-5H,6-8,17H2,1H3,(H,18,20). The molecule has 1 aromatic carbocycles. The van der Waals surface area contributed by atoms with Gasteiger partial charge in [-0.05, 0) is 17.7 Å². The van der Waals surface area contributed by atoms with Gasteiger partial charge in [0, 0.05) is 13.6 Å². The van der Waals surface area contributed by atoms with Gasteiger partial charge in [0.05, 0.1) is 18.7 Å². The number of hydrogen-bond donors (Lipinski definition) is 2. The number of alkyl halides is 3. The van der Waals surface area contributed by atoms with E-state index in [9.17, 15) is 22.8 Å². The molecule has 1 rings (SSSR count). The van der Waals surface area contributed by atoms with Gasteiger partial charge in [-0.1, -0.05) is 12.1 Å². The fourth-order valence-corrected chi connectivity index (χ4v) is 1.54. The maximum Gasteiger partial charge on any atom is 0.416 e. The molecule has 0 radical (unpaired) electrons. The van der Waals surface area contributed by atoms with Crippen molar-refractivity contribution in [1.82, 2.24) is 10.2 Å². The molecular weight excluding hydrogens is 287 g/mol. The van der Waals surface area contributed by atoms with Crippen LogP contribution < -0.4 is 11.1 Å². The van der Waals surface area contributed by atoms with Gasteiger partial charge < -0.3 is 16.0 Å². The second kappa shape index (κ2) is 7.07. The number of carbonyl (C=O) groups excluding carboxylic acids is 2. The van der Waals surface area contributed by atoms with E-state index in [4.69, 9.17) is 5.73 Å². The Morgan fingerprint density at radius 2 is 1.81 bits per heavy atom. The predicted octanol–water partition coefficient (Wildman–Crippen LogP) is 0.739. The van der Waals surface area contributed by atoms with Gasteiger partial charge >= 0.3 is 6.18 Å². The number of halogens is 3. The molecule has 0 heterocycles. The van der Waals surface area contributed by atoms with E-state index in [-0.39, 0.29) is 25.5 Å². The van der Waals surface area contributed by atoms with Gasteiger partial charge in [0.1, 0.15) is 0 Å². The van der Waals surface area contributed by atoms with Crippen molar-refractivity contribution in [1.29, 1.82) is 0 Å². The van der Waals surface area contributed by atoms with Crippen molar-refractivity contribution in [3.05, 3.63) is 35.4 Å². The van der Waals surface area contributed by atoms with Gasteiger partial charge in [-0.25, -0.2) is 0 Å². The number of amides is 2. The molecule has 116 valence electrons. The maximum absolute atomic E-state index is 12.4. The zero-order valence-corrected chi connectivity index (χ0v) is 11.4. The van der Waals surface area contributed by atoms with Crippen molar-refractivity contribution in [2.24, 2.45) is 5.73 Å². The lowest BCUT2D eigenvalue weighted by Crippen LogP contribution is -2.40. The Kier molecular flexibility index (Phi) is 5.71. The molecule has 0 aliphatic heterocycles. The minimum Gasteiger partial charge on any atom is -0.346 e. The van der Waals surface area contributed by atoms with Gasteiger partial charge in [0.2, 0.25) is 11.8 Å². The molecule has 0 spiro atoms. The Bertz CT molecular complexity index is 500. The van der Waals surface area contributed by atoms with Crippen molar-refractivity contribution in [3.63, 3.8) is 0 Å². The van der Waals surface area contributed by atoms with E-state index in [0.717, 1.165) is 12.1 Å². The molecule has 3 N–H and O–H groups in total. The molecule has 0 aliphatic carbocycles. The normalized spacial score (nSPS) is 11.1. The first-order chi connectivity index (χ1) is 9.74. The minimum absolute atomic E-state index is 0.148. The molecule has 1 aromatic rings. The molecule has 5 nitrogen and oxygen atoms in total. The smallest absolute Gasteiger partial charge is 0.346 e. The Hall–Kier alpha value is -2.09. The third kappa shape index (κ3) is 5.42. The summed E-state index contributed by atoms with van der Waals surface area (Å²) < 4.78 is 37.2. The molecule has 0 aliphatic rings. The van der Waals surface area contributed by atoms with Crippen molar-refractivity contribution in [2.45, 2.75) is 12.7 Å². The first-order valence-electron chi connectivity index (χ1n) is 6.11. The molecule has 0 saturated heterocycles. The summed E-state index contributed by atoms with van der Waals surface area (Å²) in [5, 5.41) is 2.32. The Morgan fingerprint density at radius 1 is 1.24 bits per heavy atom. The number of rotatable bonds is 5. The summed E-state index contributed by atoms with van der Waals surface area (Å²) in [5.41, 5.74) is 4.90. The van der Waals surface area contributed by atoms with Gasteiger partial charge in [0.25, 0.3) is 0 Å². The highest BCUT2D eigenvalue weighted by atomic mass is 19.4. The number of benzene rings is 1. The zero-order chi connectivity index (χ0) is 16.0. The maximum atomic E-state index is 12.4. The summed E-state index contributed by atoms with van der Waals surface area (Å²) >= 11 is 0. The molecule has 0 fully saturated rings.